The molecule has 0 saturated heterocycles. The first-order valence-corrected chi connectivity index (χ1v) is 4.54. The fourth-order valence-corrected chi connectivity index (χ4v) is 0.734. The molecular weight excluding hydrogens is 240 g/mol. The van der Waals surface area contributed by atoms with E-state index in [4.69, 9.17) is 30.6 Å². The third kappa shape index (κ3) is 4.73. The van der Waals surface area contributed by atoms with Crippen molar-refractivity contribution in [3.05, 3.63) is 0 Å². The van der Waals surface area contributed by atoms with E-state index >= 15 is 0 Å². The second-order valence-corrected chi connectivity index (χ2v) is 3.13. The van der Waals surface area contributed by atoms with E-state index in [1.54, 1.807) is 0 Å². The van der Waals surface area contributed by atoms with E-state index in [-0.39, 0.29) is 0 Å². The van der Waals surface area contributed by atoms with Crippen molar-refractivity contribution in [1.82, 2.24) is 0 Å². The van der Waals surface area contributed by atoms with Gasteiger partial charge >= 0.3 is 11.9 Å². The highest BCUT2D eigenvalue weighted by Gasteiger charge is 2.32. The summed E-state index contributed by atoms with van der Waals surface area (Å²) in [7, 11) is 0. The van der Waals surface area contributed by atoms with Crippen LogP contribution in [-0.4, -0.2) is 80.2 Å². The Hall–Kier alpha value is -1.10. The molecule has 0 fully saturated rings. The summed E-state index contributed by atoms with van der Waals surface area (Å²) in [5.41, 5.74) is 0. The van der Waals surface area contributed by atoms with Crippen molar-refractivity contribution >= 4 is 11.9 Å². The van der Waals surface area contributed by atoms with Gasteiger partial charge in [0.05, 0.1) is 13.2 Å². The first-order valence-electron chi connectivity index (χ1n) is 4.54. The molecule has 0 saturated carbocycles. The SMILES string of the molecule is O=C(OC(=O)[C@H](O)[C@H](O)CO)[C@H](O)[C@H](O)CO. The molecule has 17 heavy (non-hydrogen) atoms. The Morgan fingerprint density at radius 3 is 1.35 bits per heavy atom. The van der Waals surface area contributed by atoms with E-state index in [9.17, 15) is 9.59 Å². The van der Waals surface area contributed by atoms with Crippen LogP contribution in [0, 0.1) is 0 Å². The van der Waals surface area contributed by atoms with Gasteiger partial charge in [0.2, 0.25) is 0 Å². The molecule has 6 N–H and O–H groups in total. The minimum Gasteiger partial charge on any atom is -0.394 e. The summed E-state index contributed by atoms with van der Waals surface area (Å²) in [4.78, 5) is 21.9. The van der Waals surface area contributed by atoms with Crippen molar-refractivity contribution in [3.63, 3.8) is 0 Å². The number of aliphatic hydroxyl groups is 6. The van der Waals surface area contributed by atoms with Gasteiger partial charge in [-0.05, 0) is 0 Å². The monoisotopic (exact) mass is 254 g/mol. The molecule has 9 heteroatoms. The highest BCUT2D eigenvalue weighted by atomic mass is 16.6. The van der Waals surface area contributed by atoms with Gasteiger partial charge in [0.15, 0.2) is 12.2 Å². The third-order valence-corrected chi connectivity index (χ3v) is 1.79. The Labute approximate surface area is 95.5 Å². The summed E-state index contributed by atoms with van der Waals surface area (Å²) >= 11 is 0. The molecule has 9 nitrogen and oxygen atoms in total. The van der Waals surface area contributed by atoms with Gasteiger partial charge in [0.25, 0.3) is 0 Å². The Morgan fingerprint density at radius 1 is 0.824 bits per heavy atom. The van der Waals surface area contributed by atoms with Crippen LogP contribution in [0.15, 0.2) is 0 Å². The molecule has 0 bridgehead atoms. The number of rotatable bonds is 6. The highest BCUT2D eigenvalue weighted by molar-refractivity contribution is 5.90. The molecule has 0 aromatic carbocycles. The molecule has 0 unspecified atom stereocenters. The number of esters is 2. The van der Waals surface area contributed by atoms with Crippen LogP contribution >= 0.6 is 0 Å². The zero-order valence-electron chi connectivity index (χ0n) is 8.63. The van der Waals surface area contributed by atoms with Gasteiger partial charge in [-0.2, -0.15) is 0 Å². The van der Waals surface area contributed by atoms with E-state index in [2.05, 4.69) is 4.74 Å². The van der Waals surface area contributed by atoms with Crippen LogP contribution in [0.25, 0.3) is 0 Å². The maximum absolute atomic E-state index is 10.9. The van der Waals surface area contributed by atoms with E-state index in [0.29, 0.717) is 0 Å². The van der Waals surface area contributed by atoms with E-state index in [0.717, 1.165) is 0 Å². The predicted octanol–water partition coefficient (Wildman–Crippen LogP) is -4.52. The molecule has 0 aromatic rings. The molecule has 0 aromatic heterocycles. The Morgan fingerprint density at radius 2 is 1.12 bits per heavy atom. The highest BCUT2D eigenvalue weighted by Crippen LogP contribution is 2.01. The van der Waals surface area contributed by atoms with Crippen molar-refractivity contribution in [1.29, 1.82) is 0 Å². The normalized spacial score (nSPS) is 18.0. The first-order chi connectivity index (χ1) is 7.84. The maximum atomic E-state index is 10.9. The lowest BCUT2D eigenvalue weighted by Gasteiger charge is -2.16. The number of aliphatic hydroxyl groups excluding tert-OH is 6. The van der Waals surface area contributed by atoms with E-state index in [1.165, 1.54) is 0 Å². The second kappa shape index (κ2) is 7.27. The van der Waals surface area contributed by atoms with Crippen LogP contribution in [0.1, 0.15) is 0 Å². The van der Waals surface area contributed by atoms with Gasteiger partial charge in [-0.25, -0.2) is 9.59 Å². The summed E-state index contributed by atoms with van der Waals surface area (Å²) in [5.74, 6) is -3.19. The average molecular weight is 254 g/mol. The van der Waals surface area contributed by atoms with Crippen molar-refractivity contribution in [2.45, 2.75) is 24.4 Å². The summed E-state index contributed by atoms with van der Waals surface area (Å²) in [6.45, 7) is -1.88. The molecule has 0 amide bonds. The van der Waals surface area contributed by atoms with Crippen LogP contribution in [0.5, 0.6) is 0 Å². The summed E-state index contributed by atoms with van der Waals surface area (Å²) in [6.07, 6.45) is -8.00. The van der Waals surface area contributed by atoms with Crippen LogP contribution < -0.4 is 0 Å². The molecule has 0 heterocycles. The number of hydrogen-bond acceptors (Lipinski definition) is 9. The zero-order valence-corrected chi connectivity index (χ0v) is 8.63. The molecule has 0 radical (unpaired) electrons. The van der Waals surface area contributed by atoms with Crippen LogP contribution in [-0.2, 0) is 14.3 Å². The summed E-state index contributed by atoms with van der Waals surface area (Å²) in [5, 5.41) is 52.4. The molecule has 4 atom stereocenters. The number of carbonyl (C=O) groups excluding carboxylic acids is 2. The maximum Gasteiger partial charge on any atom is 0.345 e. The molecule has 0 aliphatic rings. The third-order valence-electron chi connectivity index (χ3n) is 1.79. The van der Waals surface area contributed by atoms with Gasteiger partial charge in [-0.15, -0.1) is 0 Å². The van der Waals surface area contributed by atoms with Crippen LogP contribution in [0.3, 0.4) is 0 Å². The quantitative estimate of drug-likeness (QED) is 0.202. The lowest BCUT2D eigenvalue weighted by molar-refractivity contribution is -0.179. The molecule has 100 valence electrons. The fourth-order valence-electron chi connectivity index (χ4n) is 0.734. The minimum atomic E-state index is -2.16. The van der Waals surface area contributed by atoms with Gasteiger partial charge in [0, 0.05) is 0 Å². The Bertz CT molecular complexity index is 240. The molecule has 0 spiro atoms. The average Bonchev–Trinajstić information content (AvgIpc) is 2.34. The molecule has 0 rings (SSSR count). The van der Waals surface area contributed by atoms with Crippen molar-refractivity contribution in [2.24, 2.45) is 0 Å². The first kappa shape index (κ1) is 15.9. The topological polar surface area (TPSA) is 165 Å². The van der Waals surface area contributed by atoms with Gasteiger partial charge < -0.3 is 35.4 Å². The zero-order chi connectivity index (χ0) is 13.6. The standard InChI is InChI=1S/C8H14O9/c9-1-3(11)5(13)7(15)17-8(16)6(14)4(12)2-10/h3-6,9-14H,1-2H2/t3-,4-,5-,6-/m1/s1. The Balaban J connectivity index is 4.34. The Kier molecular flexibility index (Phi) is 6.80. The number of carbonyl (C=O) groups is 2. The number of ether oxygens (including phenoxy) is 1. The fraction of sp³-hybridized carbons (Fsp3) is 0.750. The van der Waals surface area contributed by atoms with Gasteiger partial charge in [-0.1, -0.05) is 0 Å². The summed E-state index contributed by atoms with van der Waals surface area (Å²) < 4.78 is 3.90. The molecular formula is C8H14O9. The van der Waals surface area contributed by atoms with Gasteiger partial charge in [0.1, 0.15) is 12.2 Å². The van der Waals surface area contributed by atoms with E-state index < -0.39 is 49.6 Å². The summed E-state index contributed by atoms with van der Waals surface area (Å²) in [6, 6.07) is 0. The predicted molar refractivity (Wildman–Crippen MR) is 49.3 cm³/mol. The van der Waals surface area contributed by atoms with Crippen molar-refractivity contribution < 1.29 is 45.0 Å². The van der Waals surface area contributed by atoms with Gasteiger partial charge in [-0.3, -0.25) is 0 Å². The largest absolute Gasteiger partial charge is 0.394 e. The van der Waals surface area contributed by atoms with Crippen molar-refractivity contribution in [2.75, 3.05) is 13.2 Å². The molecule has 0 aliphatic carbocycles. The van der Waals surface area contributed by atoms with Crippen LogP contribution in [0.2, 0.25) is 0 Å². The van der Waals surface area contributed by atoms with Crippen LogP contribution in [0.4, 0.5) is 0 Å². The second-order valence-electron chi connectivity index (χ2n) is 3.13. The smallest absolute Gasteiger partial charge is 0.345 e. The lowest BCUT2D eigenvalue weighted by atomic mass is 10.2. The van der Waals surface area contributed by atoms with E-state index in [1.807, 2.05) is 0 Å². The lowest BCUT2D eigenvalue weighted by Crippen LogP contribution is -2.43. The van der Waals surface area contributed by atoms with Crippen molar-refractivity contribution in [3.8, 4) is 0 Å². The minimum absolute atomic E-state index is 0.938. The number of hydrogen-bond donors (Lipinski definition) is 6. The molecule has 0 aliphatic heterocycles.